The van der Waals surface area contributed by atoms with E-state index >= 15 is 0 Å². The van der Waals surface area contributed by atoms with E-state index in [2.05, 4.69) is 54.6 Å². The lowest BCUT2D eigenvalue weighted by atomic mass is 9.69. The first-order chi connectivity index (χ1) is 19.3. The van der Waals surface area contributed by atoms with Crippen molar-refractivity contribution in [3.63, 3.8) is 0 Å². The molecule has 2 aliphatic carbocycles. The summed E-state index contributed by atoms with van der Waals surface area (Å²) in [6.45, 7) is 0. The molecule has 6 aromatic rings. The minimum atomic E-state index is 0.269. The molecule has 4 heterocycles. The summed E-state index contributed by atoms with van der Waals surface area (Å²) in [6.07, 6.45) is 9.63. The third kappa shape index (κ3) is 3.33. The largest absolute Gasteiger partial charge is 0.455 e. The van der Waals surface area contributed by atoms with E-state index in [0.29, 0.717) is 17.9 Å². The fourth-order valence-corrected chi connectivity index (χ4v) is 9.23. The van der Waals surface area contributed by atoms with Crippen LogP contribution in [0.15, 0.2) is 71.1 Å². The Kier molecular flexibility index (Phi) is 4.97. The van der Waals surface area contributed by atoms with Crippen molar-refractivity contribution in [2.45, 2.75) is 63.1 Å². The van der Waals surface area contributed by atoms with Crippen LogP contribution in [-0.2, 0) is 4.74 Å². The second-order valence-electron chi connectivity index (χ2n) is 11.8. The molecular weight excluding hydrogens is 500 g/mol. The molecule has 39 heavy (non-hydrogen) atoms. The van der Waals surface area contributed by atoms with Crippen LogP contribution in [0.1, 0.15) is 56.6 Å². The minimum Gasteiger partial charge on any atom is -0.455 e. The van der Waals surface area contributed by atoms with Gasteiger partial charge in [-0.05, 0) is 55.7 Å². The first-order valence-corrected chi connectivity index (χ1v) is 15.4. The Bertz CT molecular complexity index is 1890. The van der Waals surface area contributed by atoms with Crippen LogP contribution in [0.5, 0.6) is 0 Å². The van der Waals surface area contributed by atoms with Gasteiger partial charge in [0.1, 0.15) is 11.2 Å². The van der Waals surface area contributed by atoms with E-state index in [9.17, 15) is 0 Å². The highest BCUT2D eigenvalue weighted by Gasteiger charge is 2.50. The monoisotopic (exact) mass is 530 g/mol. The molecule has 0 radical (unpaired) electrons. The Morgan fingerprint density at radius 2 is 1.54 bits per heavy atom. The minimum absolute atomic E-state index is 0.269. The Morgan fingerprint density at radius 1 is 0.718 bits per heavy atom. The molecule has 0 amide bonds. The lowest BCUT2D eigenvalue weighted by molar-refractivity contribution is -0.00589. The number of hydrogen-bond donors (Lipinski definition) is 0. The number of ether oxygens (including phenoxy) is 1. The molecule has 3 aliphatic rings. The van der Waals surface area contributed by atoms with Gasteiger partial charge in [-0.2, -0.15) is 0 Å². The van der Waals surface area contributed by atoms with E-state index in [1.54, 1.807) is 0 Å². The predicted molar refractivity (Wildman–Crippen MR) is 158 cm³/mol. The molecule has 9 rings (SSSR count). The number of aromatic nitrogens is 2. The van der Waals surface area contributed by atoms with Gasteiger partial charge in [-0.25, -0.2) is 9.97 Å². The van der Waals surface area contributed by atoms with Gasteiger partial charge in [-0.3, -0.25) is 0 Å². The average Bonchev–Trinajstić information content (AvgIpc) is 3.68. The van der Waals surface area contributed by atoms with Crippen LogP contribution in [0.25, 0.3) is 53.6 Å². The number of hydrogen-bond acceptors (Lipinski definition) is 5. The third-order valence-corrected chi connectivity index (χ3v) is 10.9. The fraction of sp³-hybridized carbons (Fsp3) is 0.353. The van der Waals surface area contributed by atoms with Crippen molar-refractivity contribution in [3.05, 3.63) is 72.4 Å². The molecule has 3 aromatic heterocycles. The fourth-order valence-electron chi connectivity index (χ4n) is 8.04. The van der Waals surface area contributed by atoms with Crippen LogP contribution in [0.2, 0.25) is 0 Å². The smallest absolute Gasteiger partial charge is 0.163 e. The van der Waals surface area contributed by atoms with Crippen molar-refractivity contribution < 1.29 is 9.15 Å². The molecule has 2 saturated carbocycles. The van der Waals surface area contributed by atoms with E-state index in [1.807, 2.05) is 23.5 Å². The Balaban J connectivity index is 1.28. The normalized spacial score (nSPS) is 26.9. The zero-order valence-corrected chi connectivity index (χ0v) is 22.6. The zero-order valence-electron chi connectivity index (χ0n) is 21.8. The van der Waals surface area contributed by atoms with Crippen LogP contribution in [-0.4, -0.2) is 22.2 Å². The highest BCUT2D eigenvalue weighted by Crippen LogP contribution is 2.53. The van der Waals surface area contributed by atoms with Crippen LogP contribution < -0.4 is 0 Å². The molecule has 0 spiro atoms. The lowest BCUT2D eigenvalue weighted by Gasteiger charge is -2.34. The number of benzene rings is 3. The number of para-hydroxylation sites is 2. The van der Waals surface area contributed by atoms with Crippen LogP contribution in [0.4, 0.5) is 0 Å². The highest BCUT2D eigenvalue weighted by molar-refractivity contribution is 7.25. The van der Waals surface area contributed by atoms with Crippen molar-refractivity contribution in [1.82, 2.24) is 9.97 Å². The summed E-state index contributed by atoms with van der Waals surface area (Å²) in [5.41, 5.74) is 5.00. The number of nitrogens with zero attached hydrogens (tertiary/aromatic N) is 2. The van der Waals surface area contributed by atoms with Crippen LogP contribution in [0.3, 0.4) is 0 Å². The van der Waals surface area contributed by atoms with E-state index in [0.717, 1.165) is 51.2 Å². The van der Waals surface area contributed by atoms with Gasteiger partial charge in [0, 0.05) is 26.8 Å². The Hall–Kier alpha value is -3.28. The molecule has 5 unspecified atom stereocenters. The number of thiophene rings is 1. The molecule has 1 saturated heterocycles. The van der Waals surface area contributed by atoms with Crippen molar-refractivity contribution in [3.8, 4) is 11.4 Å². The maximum Gasteiger partial charge on any atom is 0.163 e. The number of furan rings is 1. The Labute approximate surface area is 231 Å². The summed E-state index contributed by atoms with van der Waals surface area (Å²) in [5, 5.41) is 3.46. The number of fused-ring (bicyclic) bond motifs is 9. The van der Waals surface area contributed by atoms with Gasteiger partial charge in [-0.15, -0.1) is 11.3 Å². The quantitative estimate of drug-likeness (QED) is 0.224. The standard InChI is InChI=1S/C34H30N2O2S/c1-4-16-26-19(9-1)21-12-7-14-24(31(21)37-26)30-33-29(23-11-3-6-18-28(23)39-33)35-34(36-30)25-15-8-13-22-20-10-2-5-17-27(20)38-32(22)25/h2-3,5-6,8,10-11,13,15,17-19,21,24,26,31H,1,4,7,9,12,14,16H2. The van der Waals surface area contributed by atoms with Gasteiger partial charge in [0.25, 0.3) is 0 Å². The van der Waals surface area contributed by atoms with Crippen molar-refractivity contribution in [1.29, 1.82) is 0 Å². The zero-order chi connectivity index (χ0) is 25.5. The molecule has 5 atom stereocenters. The molecule has 1 aliphatic heterocycles. The van der Waals surface area contributed by atoms with Crippen LogP contribution >= 0.6 is 11.3 Å². The summed E-state index contributed by atoms with van der Waals surface area (Å²) in [7, 11) is 0. The van der Waals surface area contributed by atoms with Crippen molar-refractivity contribution in [2.24, 2.45) is 11.8 Å². The SMILES string of the molecule is c1ccc2c(c1)oc1c(-c3nc(C4CCCC5C6CCCCC6OC45)c4sc5ccccc5c4n3)cccc12. The second kappa shape index (κ2) is 8.61. The van der Waals surface area contributed by atoms with E-state index in [4.69, 9.17) is 19.1 Å². The number of rotatable bonds is 2. The summed E-state index contributed by atoms with van der Waals surface area (Å²) in [4.78, 5) is 10.7. The summed E-state index contributed by atoms with van der Waals surface area (Å²) < 4.78 is 15.9. The summed E-state index contributed by atoms with van der Waals surface area (Å²) in [5.74, 6) is 2.47. The predicted octanol–water partition coefficient (Wildman–Crippen LogP) is 9.25. The summed E-state index contributed by atoms with van der Waals surface area (Å²) in [6, 6.07) is 23.3. The molecule has 5 heteroatoms. The van der Waals surface area contributed by atoms with Crippen molar-refractivity contribution >= 4 is 53.6 Å². The van der Waals surface area contributed by atoms with Crippen LogP contribution in [0, 0.1) is 11.8 Å². The van der Waals surface area contributed by atoms with Gasteiger partial charge in [0.2, 0.25) is 0 Å². The maximum absolute atomic E-state index is 6.94. The Morgan fingerprint density at radius 3 is 2.51 bits per heavy atom. The van der Waals surface area contributed by atoms with E-state index in [1.165, 1.54) is 59.0 Å². The molecular formula is C34H30N2O2S. The average molecular weight is 531 g/mol. The van der Waals surface area contributed by atoms with Gasteiger partial charge in [0.05, 0.1) is 33.7 Å². The second-order valence-corrected chi connectivity index (χ2v) is 12.8. The van der Waals surface area contributed by atoms with Gasteiger partial charge in [0.15, 0.2) is 5.82 Å². The van der Waals surface area contributed by atoms with Gasteiger partial charge >= 0.3 is 0 Å². The highest BCUT2D eigenvalue weighted by atomic mass is 32.1. The molecule has 3 fully saturated rings. The molecule has 3 aromatic carbocycles. The van der Waals surface area contributed by atoms with E-state index in [-0.39, 0.29) is 6.10 Å². The first-order valence-electron chi connectivity index (χ1n) is 14.6. The topological polar surface area (TPSA) is 48.2 Å². The lowest BCUT2D eigenvalue weighted by Crippen LogP contribution is -2.32. The summed E-state index contributed by atoms with van der Waals surface area (Å²) >= 11 is 1.85. The molecule has 0 bridgehead atoms. The molecule has 0 N–H and O–H groups in total. The van der Waals surface area contributed by atoms with Crippen molar-refractivity contribution in [2.75, 3.05) is 0 Å². The maximum atomic E-state index is 6.94. The van der Waals surface area contributed by atoms with Gasteiger partial charge in [-0.1, -0.05) is 67.8 Å². The molecule has 4 nitrogen and oxygen atoms in total. The first kappa shape index (κ1) is 22.5. The molecule has 194 valence electrons. The van der Waals surface area contributed by atoms with Gasteiger partial charge < -0.3 is 9.15 Å². The van der Waals surface area contributed by atoms with E-state index < -0.39 is 0 Å². The third-order valence-electron chi connectivity index (χ3n) is 9.75.